The molecule has 1 aliphatic carbocycles. The number of aryl methyl sites for hydroxylation is 2. The summed E-state index contributed by atoms with van der Waals surface area (Å²) in [5.74, 6) is 0. The van der Waals surface area contributed by atoms with Crippen LogP contribution < -0.4 is 5.32 Å². The molecule has 2 rings (SSSR count). The lowest BCUT2D eigenvalue weighted by Crippen LogP contribution is -2.35. The molecule has 0 atom stereocenters. The monoisotopic (exact) mass is 299 g/mol. The van der Waals surface area contributed by atoms with Gasteiger partial charge in [0.2, 0.25) is 0 Å². The largest absolute Gasteiger partial charge is 0.383 e. The minimum Gasteiger partial charge on any atom is -0.383 e. The minimum absolute atomic E-state index is 0.338. The first-order chi connectivity index (χ1) is 9.58. The summed E-state index contributed by atoms with van der Waals surface area (Å²) in [6, 6.07) is 0. The second-order valence-corrected chi connectivity index (χ2v) is 6.39. The van der Waals surface area contributed by atoms with Gasteiger partial charge in [0.1, 0.15) is 5.15 Å². The van der Waals surface area contributed by atoms with Gasteiger partial charge in [-0.15, -0.1) is 0 Å². The van der Waals surface area contributed by atoms with Gasteiger partial charge in [-0.05, 0) is 31.6 Å². The molecule has 0 bridgehead atoms. The molecule has 1 saturated carbocycles. The number of aromatic nitrogens is 2. The Bertz CT molecular complexity index is 439. The fourth-order valence-corrected chi connectivity index (χ4v) is 3.56. The zero-order valence-corrected chi connectivity index (χ0v) is 13.6. The van der Waals surface area contributed by atoms with Crippen LogP contribution in [0, 0.1) is 12.3 Å². The number of halogens is 1. The number of methoxy groups -OCH3 is 1. The molecule has 0 spiro atoms. The zero-order valence-electron chi connectivity index (χ0n) is 12.8. The molecule has 0 aliphatic heterocycles. The molecule has 114 valence electrons. The second kappa shape index (κ2) is 6.92. The highest BCUT2D eigenvalue weighted by atomic mass is 35.5. The zero-order chi connectivity index (χ0) is 14.6. The molecule has 0 unspecified atom stereocenters. The van der Waals surface area contributed by atoms with E-state index in [2.05, 4.69) is 17.3 Å². The van der Waals surface area contributed by atoms with Crippen LogP contribution >= 0.6 is 11.6 Å². The van der Waals surface area contributed by atoms with Crippen molar-refractivity contribution in [3.05, 3.63) is 16.4 Å². The topological polar surface area (TPSA) is 39.1 Å². The average Bonchev–Trinajstić information content (AvgIpc) is 2.97. The van der Waals surface area contributed by atoms with Gasteiger partial charge in [-0.2, -0.15) is 5.10 Å². The molecule has 0 radical (unpaired) electrons. The van der Waals surface area contributed by atoms with Crippen molar-refractivity contribution in [2.45, 2.75) is 39.0 Å². The van der Waals surface area contributed by atoms with Crippen molar-refractivity contribution in [1.29, 1.82) is 0 Å². The van der Waals surface area contributed by atoms with E-state index in [-0.39, 0.29) is 0 Å². The minimum atomic E-state index is 0.338. The van der Waals surface area contributed by atoms with Gasteiger partial charge in [0.05, 0.1) is 12.3 Å². The Morgan fingerprint density at radius 2 is 2.10 bits per heavy atom. The van der Waals surface area contributed by atoms with Crippen LogP contribution in [0.1, 0.15) is 36.9 Å². The first kappa shape index (κ1) is 15.8. The maximum atomic E-state index is 6.40. The molecular weight excluding hydrogens is 274 g/mol. The molecule has 1 fully saturated rings. The average molecular weight is 300 g/mol. The molecule has 1 N–H and O–H groups in total. The predicted molar refractivity (Wildman–Crippen MR) is 82.3 cm³/mol. The second-order valence-electron chi connectivity index (χ2n) is 6.03. The van der Waals surface area contributed by atoms with Crippen molar-refractivity contribution in [2.75, 3.05) is 26.8 Å². The first-order valence-corrected chi connectivity index (χ1v) is 7.83. The molecule has 1 aromatic rings. The van der Waals surface area contributed by atoms with Gasteiger partial charge in [-0.25, -0.2) is 0 Å². The summed E-state index contributed by atoms with van der Waals surface area (Å²) in [5.41, 5.74) is 2.64. The van der Waals surface area contributed by atoms with Gasteiger partial charge >= 0.3 is 0 Å². The normalized spacial score (nSPS) is 17.8. The molecule has 1 aromatic heterocycles. The first-order valence-electron chi connectivity index (χ1n) is 7.46. The summed E-state index contributed by atoms with van der Waals surface area (Å²) in [7, 11) is 3.66. The number of hydrogen-bond acceptors (Lipinski definition) is 3. The third-order valence-corrected chi connectivity index (χ3v) is 4.94. The van der Waals surface area contributed by atoms with Crippen LogP contribution in [-0.2, 0) is 18.2 Å². The van der Waals surface area contributed by atoms with E-state index in [9.17, 15) is 0 Å². The third kappa shape index (κ3) is 3.54. The van der Waals surface area contributed by atoms with E-state index in [1.165, 1.54) is 31.2 Å². The van der Waals surface area contributed by atoms with Crippen LogP contribution in [0.5, 0.6) is 0 Å². The summed E-state index contributed by atoms with van der Waals surface area (Å²) >= 11 is 6.40. The van der Waals surface area contributed by atoms with E-state index in [0.717, 1.165) is 37.0 Å². The number of hydrogen-bond donors (Lipinski definition) is 1. The van der Waals surface area contributed by atoms with Crippen molar-refractivity contribution < 1.29 is 4.74 Å². The van der Waals surface area contributed by atoms with E-state index in [1.807, 2.05) is 7.05 Å². The van der Waals surface area contributed by atoms with E-state index in [0.29, 0.717) is 5.41 Å². The fraction of sp³-hybridized carbons (Fsp3) is 0.800. The van der Waals surface area contributed by atoms with Crippen LogP contribution in [0.4, 0.5) is 0 Å². The van der Waals surface area contributed by atoms with Gasteiger partial charge < -0.3 is 10.1 Å². The Morgan fingerprint density at radius 1 is 1.40 bits per heavy atom. The van der Waals surface area contributed by atoms with Crippen LogP contribution in [0.15, 0.2) is 0 Å². The smallest absolute Gasteiger partial charge is 0.130 e. The van der Waals surface area contributed by atoms with Crippen LogP contribution in [0.2, 0.25) is 5.15 Å². The number of nitrogens with one attached hydrogen (secondary N) is 1. The highest BCUT2D eigenvalue weighted by molar-refractivity contribution is 6.30. The highest BCUT2D eigenvalue weighted by Crippen LogP contribution is 2.42. The number of nitrogens with zero attached hydrogens (tertiary/aromatic N) is 2. The summed E-state index contributed by atoms with van der Waals surface area (Å²) in [4.78, 5) is 0. The van der Waals surface area contributed by atoms with Crippen molar-refractivity contribution in [3.63, 3.8) is 0 Å². The molecule has 4 nitrogen and oxygen atoms in total. The van der Waals surface area contributed by atoms with Crippen LogP contribution in [0.3, 0.4) is 0 Å². The lowest BCUT2D eigenvalue weighted by Gasteiger charge is -2.29. The lowest BCUT2D eigenvalue weighted by molar-refractivity contribution is 0.189. The fourth-order valence-electron chi connectivity index (χ4n) is 3.32. The van der Waals surface area contributed by atoms with Crippen molar-refractivity contribution in [2.24, 2.45) is 12.5 Å². The van der Waals surface area contributed by atoms with Crippen molar-refractivity contribution in [1.82, 2.24) is 15.1 Å². The predicted octanol–water partition coefficient (Wildman–Crippen LogP) is 2.72. The SMILES string of the molecule is COCCNCC1(Cc2c(C)nn(C)c2Cl)CCCC1. The highest BCUT2D eigenvalue weighted by Gasteiger charge is 2.35. The Kier molecular flexibility index (Phi) is 5.47. The summed E-state index contributed by atoms with van der Waals surface area (Å²) < 4.78 is 6.89. The van der Waals surface area contributed by atoms with E-state index in [4.69, 9.17) is 16.3 Å². The van der Waals surface area contributed by atoms with Crippen molar-refractivity contribution in [3.8, 4) is 0 Å². The Balaban J connectivity index is 2.05. The summed E-state index contributed by atoms with van der Waals surface area (Å²) in [6.45, 7) is 4.78. The molecule has 5 heteroatoms. The van der Waals surface area contributed by atoms with Crippen LogP contribution in [-0.4, -0.2) is 36.6 Å². The Hall–Kier alpha value is -0.580. The molecular formula is C15H26ClN3O. The molecule has 1 heterocycles. The lowest BCUT2D eigenvalue weighted by atomic mass is 9.80. The van der Waals surface area contributed by atoms with E-state index >= 15 is 0 Å². The summed E-state index contributed by atoms with van der Waals surface area (Å²) in [6.07, 6.45) is 6.23. The molecule has 0 aromatic carbocycles. The van der Waals surface area contributed by atoms with Gasteiger partial charge in [0.15, 0.2) is 0 Å². The van der Waals surface area contributed by atoms with Gasteiger partial charge in [0.25, 0.3) is 0 Å². The molecule has 20 heavy (non-hydrogen) atoms. The van der Waals surface area contributed by atoms with E-state index < -0.39 is 0 Å². The number of ether oxygens (including phenoxy) is 1. The Labute approximate surface area is 126 Å². The maximum Gasteiger partial charge on any atom is 0.130 e. The third-order valence-electron chi connectivity index (χ3n) is 4.47. The maximum absolute atomic E-state index is 6.40. The van der Waals surface area contributed by atoms with Gasteiger partial charge in [0, 0.05) is 32.8 Å². The van der Waals surface area contributed by atoms with Crippen molar-refractivity contribution >= 4 is 11.6 Å². The van der Waals surface area contributed by atoms with E-state index in [1.54, 1.807) is 11.8 Å². The Morgan fingerprint density at radius 3 is 2.65 bits per heavy atom. The standard InChI is InChI=1S/C15H26ClN3O/c1-12-13(14(16)19(2)18-12)10-15(6-4-5-7-15)11-17-8-9-20-3/h17H,4-11H2,1-3H3. The molecule has 0 amide bonds. The van der Waals surface area contributed by atoms with Gasteiger partial charge in [-0.3, -0.25) is 4.68 Å². The number of rotatable bonds is 7. The summed E-state index contributed by atoms with van der Waals surface area (Å²) in [5, 5.41) is 8.77. The van der Waals surface area contributed by atoms with Crippen LogP contribution in [0.25, 0.3) is 0 Å². The van der Waals surface area contributed by atoms with Gasteiger partial charge in [-0.1, -0.05) is 24.4 Å². The molecule has 0 saturated heterocycles. The quantitative estimate of drug-likeness (QED) is 0.787. The molecule has 1 aliphatic rings.